The summed E-state index contributed by atoms with van der Waals surface area (Å²) in [5, 5.41) is 14.8. The van der Waals surface area contributed by atoms with Gasteiger partial charge in [0, 0.05) is 26.2 Å². The summed E-state index contributed by atoms with van der Waals surface area (Å²) >= 11 is 0. The van der Waals surface area contributed by atoms with Crippen LogP contribution in [0, 0.1) is 0 Å². The molecule has 1 aromatic carbocycles. The molecule has 1 saturated heterocycles. The molecule has 2 rings (SSSR count). The van der Waals surface area contributed by atoms with Gasteiger partial charge in [0.25, 0.3) is 0 Å². The van der Waals surface area contributed by atoms with Crippen LogP contribution in [0.15, 0.2) is 24.3 Å². The van der Waals surface area contributed by atoms with Crippen molar-refractivity contribution in [1.82, 2.24) is 9.80 Å². The van der Waals surface area contributed by atoms with Crippen molar-refractivity contribution in [3.63, 3.8) is 0 Å². The molecule has 0 bridgehead atoms. The molecule has 0 unspecified atom stereocenters. The third kappa shape index (κ3) is 10.1. The number of rotatable bonds is 7. The number of unbranched alkanes of at least 4 members (excludes halogenated alkanes) is 1. The van der Waals surface area contributed by atoms with Crippen LogP contribution in [0.3, 0.4) is 0 Å². The van der Waals surface area contributed by atoms with E-state index >= 15 is 0 Å². The summed E-state index contributed by atoms with van der Waals surface area (Å²) in [6, 6.07) is 5.07. The fraction of sp³-hybridized carbons (Fsp3) is 0.579. The van der Waals surface area contributed by atoms with E-state index in [0.29, 0.717) is 6.61 Å². The lowest BCUT2D eigenvalue weighted by atomic mass is 10.2. The van der Waals surface area contributed by atoms with Gasteiger partial charge in [0.2, 0.25) is 0 Å². The number of carboxylic acids is 2. The molecule has 0 saturated carbocycles. The summed E-state index contributed by atoms with van der Waals surface area (Å²) in [7, 11) is 0. The summed E-state index contributed by atoms with van der Waals surface area (Å²) in [6.45, 7) is 9.22. The number of benzene rings is 1. The van der Waals surface area contributed by atoms with Gasteiger partial charge in [-0.25, -0.2) is 9.59 Å². The number of piperazine rings is 1. The zero-order chi connectivity index (χ0) is 21.9. The molecule has 2 N–H and O–H groups in total. The molecule has 1 aromatic rings. The minimum atomic E-state index is -4.32. The molecule has 0 spiro atoms. The van der Waals surface area contributed by atoms with Crippen LogP contribution in [0.1, 0.15) is 25.3 Å². The third-order valence-corrected chi connectivity index (χ3v) is 4.39. The smallest absolute Gasteiger partial charge is 0.416 e. The Kier molecular flexibility index (Phi) is 10.5. The minimum absolute atomic E-state index is 0.288. The van der Waals surface area contributed by atoms with Gasteiger partial charge in [-0.1, -0.05) is 13.0 Å². The maximum atomic E-state index is 12.6. The second kappa shape index (κ2) is 12.3. The highest BCUT2D eigenvalue weighted by atomic mass is 19.4. The molecule has 1 aliphatic rings. The van der Waals surface area contributed by atoms with E-state index in [-0.39, 0.29) is 5.75 Å². The first-order valence-corrected chi connectivity index (χ1v) is 9.34. The maximum absolute atomic E-state index is 12.6. The normalized spacial score (nSPS) is 15.3. The van der Waals surface area contributed by atoms with Crippen molar-refractivity contribution in [3.8, 4) is 5.75 Å². The predicted octanol–water partition coefficient (Wildman–Crippen LogP) is 2.66. The van der Waals surface area contributed by atoms with E-state index < -0.39 is 23.7 Å². The van der Waals surface area contributed by atoms with Crippen LogP contribution >= 0.6 is 0 Å². The van der Waals surface area contributed by atoms with Crippen LogP contribution in [-0.2, 0) is 15.8 Å². The van der Waals surface area contributed by atoms with Crippen molar-refractivity contribution in [3.05, 3.63) is 29.8 Å². The van der Waals surface area contributed by atoms with Crippen molar-refractivity contribution in [2.24, 2.45) is 0 Å². The summed E-state index contributed by atoms with van der Waals surface area (Å²) in [6.07, 6.45) is -2.46. The zero-order valence-corrected chi connectivity index (χ0v) is 16.3. The number of carboxylic acid groups (broad SMARTS) is 2. The van der Waals surface area contributed by atoms with Crippen molar-refractivity contribution in [2.75, 3.05) is 45.9 Å². The highest BCUT2D eigenvalue weighted by Crippen LogP contribution is 2.31. The number of hydrogen-bond acceptors (Lipinski definition) is 5. The molecule has 1 fully saturated rings. The second-order valence-electron chi connectivity index (χ2n) is 6.47. The summed E-state index contributed by atoms with van der Waals surface area (Å²) in [5.74, 6) is -3.36. The lowest BCUT2D eigenvalue weighted by molar-refractivity contribution is -0.159. The average Bonchev–Trinajstić information content (AvgIpc) is 2.68. The number of hydrogen-bond donors (Lipinski definition) is 2. The quantitative estimate of drug-likeness (QED) is 0.518. The summed E-state index contributed by atoms with van der Waals surface area (Å²) in [5.41, 5.74) is -0.663. The first-order valence-electron chi connectivity index (χ1n) is 9.34. The highest BCUT2D eigenvalue weighted by Gasteiger charge is 2.30. The fourth-order valence-electron chi connectivity index (χ4n) is 2.72. The van der Waals surface area contributed by atoms with Crippen LogP contribution in [0.2, 0.25) is 0 Å². The van der Waals surface area contributed by atoms with Gasteiger partial charge in [0.15, 0.2) is 0 Å². The SMILES string of the molecule is CCN1CCN(CCCCOc2cccc(C(F)(F)F)c2)CC1.O=C(O)C(=O)O. The largest absolute Gasteiger partial charge is 0.494 e. The van der Waals surface area contributed by atoms with Crippen molar-refractivity contribution in [1.29, 1.82) is 0 Å². The van der Waals surface area contributed by atoms with E-state index in [1.165, 1.54) is 6.07 Å². The Balaban J connectivity index is 0.000000612. The Morgan fingerprint density at radius 2 is 1.62 bits per heavy atom. The number of nitrogens with zero attached hydrogens (tertiary/aromatic N) is 2. The Hall–Kier alpha value is -2.33. The van der Waals surface area contributed by atoms with Crippen LogP contribution in [0.4, 0.5) is 13.2 Å². The number of likely N-dealkylation sites (N-methyl/N-ethyl adjacent to an activating group) is 1. The Labute approximate surface area is 167 Å². The van der Waals surface area contributed by atoms with Crippen molar-refractivity contribution < 1.29 is 37.7 Å². The van der Waals surface area contributed by atoms with Crippen LogP contribution in [0.25, 0.3) is 0 Å². The first-order chi connectivity index (χ1) is 13.6. The standard InChI is InChI=1S/C17H25F3N2O.C2H2O4/c1-2-21-9-11-22(12-10-21)8-3-4-13-23-16-7-5-6-15(14-16)17(18,19)20;3-1(4)2(5)6/h5-7,14H,2-4,8-13H2,1H3;(H,3,4)(H,5,6). The van der Waals surface area contributed by atoms with Gasteiger partial charge in [-0.15, -0.1) is 0 Å². The number of alkyl halides is 3. The molecule has 7 nitrogen and oxygen atoms in total. The predicted molar refractivity (Wildman–Crippen MR) is 100.0 cm³/mol. The van der Waals surface area contributed by atoms with Gasteiger partial charge >= 0.3 is 18.1 Å². The van der Waals surface area contributed by atoms with Crippen molar-refractivity contribution in [2.45, 2.75) is 25.9 Å². The number of aliphatic carboxylic acids is 2. The first kappa shape index (κ1) is 24.7. The van der Waals surface area contributed by atoms with Crippen LogP contribution in [0.5, 0.6) is 5.75 Å². The molecule has 1 aliphatic heterocycles. The molecular formula is C19H27F3N2O5. The molecule has 0 aromatic heterocycles. The molecule has 0 radical (unpaired) electrons. The Morgan fingerprint density at radius 3 is 2.14 bits per heavy atom. The van der Waals surface area contributed by atoms with Gasteiger partial charge in [-0.2, -0.15) is 13.2 Å². The summed E-state index contributed by atoms with van der Waals surface area (Å²) < 4.78 is 43.3. The molecule has 1 heterocycles. The van der Waals surface area contributed by atoms with E-state index in [4.69, 9.17) is 24.5 Å². The number of carbonyl (C=O) groups is 2. The van der Waals surface area contributed by atoms with Crippen LogP contribution in [-0.4, -0.2) is 77.8 Å². The molecule has 0 aliphatic carbocycles. The lowest BCUT2D eigenvalue weighted by Crippen LogP contribution is -2.46. The fourth-order valence-corrected chi connectivity index (χ4v) is 2.72. The third-order valence-electron chi connectivity index (χ3n) is 4.39. The van der Waals surface area contributed by atoms with Gasteiger partial charge < -0.3 is 24.7 Å². The zero-order valence-electron chi connectivity index (χ0n) is 16.3. The minimum Gasteiger partial charge on any atom is -0.494 e. The van der Waals surface area contributed by atoms with Gasteiger partial charge in [0.05, 0.1) is 12.2 Å². The molecule has 164 valence electrons. The van der Waals surface area contributed by atoms with Gasteiger partial charge in [-0.05, 0) is 44.1 Å². The highest BCUT2D eigenvalue weighted by molar-refractivity contribution is 6.27. The molecular weight excluding hydrogens is 393 g/mol. The molecule has 0 amide bonds. The van der Waals surface area contributed by atoms with Crippen LogP contribution < -0.4 is 4.74 Å². The van der Waals surface area contributed by atoms with Gasteiger partial charge in [-0.3, -0.25) is 0 Å². The van der Waals surface area contributed by atoms with Crippen molar-refractivity contribution >= 4 is 11.9 Å². The van der Waals surface area contributed by atoms with E-state index in [9.17, 15) is 13.2 Å². The molecule has 10 heteroatoms. The van der Waals surface area contributed by atoms with E-state index in [1.807, 2.05) is 0 Å². The maximum Gasteiger partial charge on any atom is 0.416 e. The van der Waals surface area contributed by atoms with E-state index in [2.05, 4.69) is 16.7 Å². The molecule has 0 atom stereocenters. The van der Waals surface area contributed by atoms with E-state index in [1.54, 1.807) is 6.07 Å². The second-order valence-corrected chi connectivity index (χ2v) is 6.47. The summed E-state index contributed by atoms with van der Waals surface area (Å²) in [4.78, 5) is 23.1. The molecule has 29 heavy (non-hydrogen) atoms. The monoisotopic (exact) mass is 420 g/mol. The van der Waals surface area contributed by atoms with E-state index in [0.717, 1.165) is 64.2 Å². The Morgan fingerprint density at radius 1 is 1.03 bits per heavy atom. The average molecular weight is 420 g/mol. The Bertz CT molecular complexity index is 635. The van der Waals surface area contributed by atoms with Gasteiger partial charge in [0.1, 0.15) is 5.75 Å². The number of halogens is 3. The topological polar surface area (TPSA) is 90.3 Å². The lowest BCUT2D eigenvalue weighted by Gasteiger charge is -2.33. The number of ether oxygens (including phenoxy) is 1.